The number of benzene rings is 1. The maximum Gasteiger partial charge on any atom is 0.241 e. The third kappa shape index (κ3) is 4.64. The van der Waals surface area contributed by atoms with E-state index in [4.69, 9.17) is 11.6 Å². The monoisotopic (exact) mass is 270 g/mol. The zero-order valence-corrected chi connectivity index (χ0v) is 11.6. The van der Waals surface area contributed by atoms with Gasteiger partial charge < -0.3 is 10.4 Å². The highest BCUT2D eigenvalue weighted by Gasteiger charge is 2.18. The molecule has 0 fully saturated rings. The van der Waals surface area contributed by atoms with Crippen molar-refractivity contribution >= 4 is 23.2 Å². The highest BCUT2D eigenvalue weighted by Crippen LogP contribution is 2.14. The van der Waals surface area contributed by atoms with Gasteiger partial charge in [0, 0.05) is 17.3 Å². The Morgan fingerprint density at radius 3 is 2.44 bits per heavy atom. The molecule has 1 aromatic rings. The molecule has 2 unspecified atom stereocenters. The van der Waals surface area contributed by atoms with Crippen LogP contribution in [0.4, 0.5) is 5.69 Å². The fourth-order valence-electron chi connectivity index (χ4n) is 1.55. The predicted octanol–water partition coefficient (Wildman–Crippen LogP) is 1.98. The van der Waals surface area contributed by atoms with Gasteiger partial charge in [0.1, 0.15) is 0 Å². The second-order valence-electron chi connectivity index (χ2n) is 4.46. The van der Waals surface area contributed by atoms with E-state index in [9.17, 15) is 9.90 Å². The number of anilines is 1. The van der Waals surface area contributed by atoms with E-state index in [0.29, 0.717) is 17.3 Å². The highest BCUT2D eigenvalue weighted by molar-refractivity contribution is 6.30. The van der Waals surface area contributed by atoms with Crippen LogP contribution in [0.15, 0.2) is 24.3 Å². The van der Waals surface area contributed by atoms with Crippen LogP contribution in [0.25, 0.3) is 0 Å². The van der Waals surface area contributed by atoms with E-state index in [2.05, 4.69) is 5.32 Å². The summed E-state index contributed by atoms with van der Waals surface area (Å²) < 4.78 is 0. The summed E-state index contributed by atoms with van der Waals surface area (Å²) in [6, 6.07) is 6.64. The molecule has 4 nitrogen and oxygen atoms in total. The van der Waals surface area contributed by atoms with Crippen molar-refractivity contribution in [3.05, 3.63) is 29.3 Å². The van der Waals surface area contributed by atoms with Gasteiger partial charge in [-0.3, -0.25) is 9.69 Å². The third-order valence-corrected chi connectivity index (χ3v) is 2.96. The maximum atomic E-state index is 12.0. The van der Waals surface area contributed by atoms with Gasteiger partial charge in [0.05, 0.1) is 12.1 Å². The molecule has 0 bridgehead atoms. The number of rotatable bonds is 5. The number of aliphatic hydroxyl groups is 1. The molecule has 0 aliphatic rings. The molecule has 2 N–H and O–H groups in total. The van der Waals surface area contributed by atoms with Crippen LogP contribution in [0.1, 0.15) is 13.8 Å². The van der Waals surface area contributed by atoms with Crippen LogP contribution in [0.2, 0.25) is 5.02 Å². The lowest BCUT2D eigenvalue weighted by Crippen LogP contribution is -2.42. The molecule has 100 valence electrons. The van der Waals surface area contributed by atoms with Crippen molar-refractivity contribution < 1.29 is 9.90 Å². The Balaban J connectivity index is 2.56. The minimum Gasteiger partial charge on any atom is -0.392 e. The second-order valence-corrected chi connectivity index (χ2v) is 4.90. The first kappa shape index (κ1) is 15.0. The smallest absolute Gasteiger partial charge is 0.241 e. The van der Waals surface area contributed by atoms with Gasteiger partial charge in [0.15, 0.2) is 0 Å². The molecule has 0 saturated heterocycles. The maximum absolute atomic E-state index is 12.0. The number of hydrogen-bond donors (Lipinski definition) is 2. The number of hydrogen-bond acceptors (Lipinski definition) is 3. The number of aliphatic hydroxyl groups excluding tert-OH is 1. The van der Waals surface area contributed by atoms with Crippen LogP contribution in [0, 0.1) is 0 Å². The summed E-state index contributed by atoms with van der Waals surface area (Å²) in [5.74, 6) is -0.111. The van der Waals surface area contributed by atoms with Gasteiger partial charge in [0.25, 0.3) is 0 Å². The molecule has 2 atom stereocenters. The molecule has 0 spiro atoms. The highest BCUT2D eigenvalue weighted by atomic mass is 35.5. The Morgan fingerprint density at radius 1 is 1.39 bits per heavy atom. The predicted molar refractivity (Wildman–Crippen MR) is 73.9 cm³/mol. The summed E-state index contributed by atoms with van der Waals surface area (Å²) in [4.78, 5) is 13.8. The van der Waals surface area contributed by atoms with Gasteiger partial charge in [-0.05, 0) is 45.2 Å². The van der Waals surface area contributed by atoms with Gasteiger partial charge in [-0.15, -0.1) is 0 Å². The van der Waals surface area contributed by atoms with Gasteiger partial charge in [-0.25, -0.2) is 0 Å². The minimum absolute atomic E-state index is 0.111. The Labute approximate surface area is 113 Å². The number of likely N-dealkylation sites (N-methyl/N-ethyl adjacent to an activating group) is 1. The summed E-state index contributed by atoms with van der Waals surface area (Å²) in [7, 11) is 1.80. The van der Waals surface area contributed by atoms with Crippen molar-refractivity contribution in [2.24, 2.45) is 0 Å². The molecule has 5 heteroatoms. The summed E-state index contributed by atoms with van der Waals surface area (Å²) in [6.45, 7) is 3.95. The van der Waals surface area contributed by atoms with E-state index in [1.807, 2.05) is 0 Å². The van der Waals surface area contributed by atoms with E-state index in [1.165, 1.54) is 0 Å². The molecule has 0 radical (unpaired) electrons. The summed E-state index contributed by atoms with van der Waals surface area (Å²) >= 11 is 5.77. The molecule has 0 saturated carbocycles. The van der Waals surface area contributed by atoms with Crippen LogP contribution in [0.5, 0.6) is 0 Å². The van der Waals surface area contributed by atoms with Crippen molar-refractivity contribution in [1.29, 1.82) is 0 Å². The molecule has 1 rings (SSSR count). The zero-order chi connectivity index (χ0) is 13.7. The third-order valence-electron chi connectivity index (χ3n) is 2.70. The number of nitrogens with one attached hydrogen (secondary N) is 1. The SMILES string of the molecule is CC(O)CN(C)C(C)C(=O)Nc1ccc(Cl)cc1. The first-order valence-corrected chi connectivity index (χ1v) is 6.22. The van der Waals surface area contributed by atoms with E-state index >= 15 is 0 Å². The zero-order valence-electron chi connectivity index (χ0n) is 10.9. The second kappa shape index (κ2) is 6.73. The molecule has 1 aromatic carbocycles. The lowest BCUT2D eigenvalue weighted by Gasteiger charge is -2.24. The lowest BCUT2D eigenvalue weighted by atomic mass is 10.2. The van der Waals surface area contributed by atoms with Gasteiger partial charge in [0.2, 0.25) is 5.91 Å². The Bertz CT molecular complexity index is 392. The number of carbonyl (C=O) groups is 1. The van der Waals surface area contributed by atoms with E-state index in [-0.39, 0.29) is 11.9 Å². The quantitative estimate of drug-likeness (QED) is 0.860. The topological polar surface area (TPSA) is 52.6 Å². The van der Waals surface area contributed by atoms with Gasteiger partial charge >= 0.3 is 0 Å². The van der Waals surface area contributed by atoms with E-state index in [0.717, 1.165) is 0 Å². The lowest BCUT2D eigenvalue weighted by molar-refractivity contribution is -0.120. The molecule has 0 aromatic heterocycles. The average Bonchev–Trinajstić information content (AvgIpc) is 2.30. The number of carbonyl (C=O) groups excluding carboxylic acids is 1. The molecule has 18 heavy (non-hydrogen) atoms. The normalized spacial score (nSPS) is 14.3. The molecule has 0 aliphatic carbocycles. The van der Waals surface area contributed by atoms with Gasteiger partial charge in [-0.2, -0.15) is 0 Å². The summed E-state index contributed by atoms with van der Waals surface area (Å²) in [6.07, 6.45) is -0.458. The fourth-order valence-corrected chi connectivity index (χ4v) is 1.68. The van der Waals surface area contributed by atoms with E-state index < -0.39 is 6.10 Å². The molecule has 1 amide bonds. The van der Waals surface area contributed by atoms with Crippen molar-refractivity contribution in [1.82, 2.24) is 4.90 Å². The van der Waals surface area contributed by atoms with Gasteiger partial charge in [-0.1, -0.05) is 11.6 Å². The Hall–Kier alpha value is -1.10. The van der Waals surface area contributed by atoms with Crippen LogP contribution in [-0.4, -0.2) is 41.7 Å². The first-order chi connectivity index (χ1) is 8.40. The number of nitrogens with zero attached hydrogens (tertiary/aromatic N) is 1. The van der Waals surface area contributed by atoms with Crippen molar-refractivity contribution in [3.8, 4) is 0 Å². The molecule has 0 heterocycles. The Morgan fingerprint density at radius 2 is 1.94 bits per heavy atom. The van der Waals surface area contributed by atoms with Crippen molar-refractivity contribution in [2.75, 3.05) is 18.9 Å². The minimum atomic E-state index is -0.458. The average molecular weight is 271 g/mol. The Kier molecular flexibility index (Phi) is 5.59. The van der Waals surface area contributed by atoms with Crippen LogP contribution >= 0.6 is 11.6 Å². The van der Waals surface area contributed by atoms with E-state index in [1.54, 1.807) is 50.1 Å². The van der Waals surface area contributed by atoms with Crippen molar-refractivity contribution in [2.45, 2.75) is 26.0 Å². The molecular weight excluding hydrogens is 252 g/mol. The number of amides is 1. The first-order valence-electron chi connectivity index (χ1n) is 5.85. The van der Waals surface area contributed by atoms with Crippen LogP contribution in [0.3, 0.4) is 0 Å². The van der Waals surface area contributed by atoms with Crippen LogP contribution < -0.4 is 5.32 Å². The largest absolute Gasteiger partial charge is 0.392 e. The number of halogens is 1. The summed E-state index contributed by atoms with van der Waals surface area (Å²) in [5, 5.41) is 12.7. The molecular formula is C13H19ClN2O2. The standard InChI is InChI=1S/C13H19ClN2O2/c1-9(17)8-16(3)10(2)13(18)15-12-6-4-11(14)5-7-12/h4-7,9-10,17H,8H2,1-3H3,(H,15,18). The fraction of sp³-hybridized carbons (Fsp3) is 0.462. The summed E-state index contributed by atoms with van der Waals surface area (Å²) in [5.41, 5.74) is 0.710. The van der Waals surface area contributed by atoms with Crippen LogP contribution in [-0.2, 0) is 4.79 Å². The molecule has 0 aliphatic heterocycles. The van der Waals surface area contributed by atoms with Crippen molar-refractivity contribution in [3.63, 3.8) is 0 Å².